The van der Waals surface area contributed by atoms with E-state index in [1.54, 1.807) is 13.8 Å². The molecule has 6 nitrogen and oxygen atoms in total. The van der Waals surface area contributed by atoms with E-state index in [2.05, 4.69) is 15.2 Å². The molecule has 0 spiro atoms. The number of carbonyl (C=O) groups excluding carboxylic acids is 1. The summed E-state index contributed by atoms with van der Waals surface area (Å²) in [4.78, 5) is 16.7. The number of thiazole rings is 1. The first-order valence-electron chi connectivity index (χ1n) is 7.35. The van der Waals surface area contributed by atoms with Crippen molar-refractivity contribution in [1.29, 1.82) is 0 Å². The normalized spacial score (nSPS) is 11.6. The highest BCUT2D eigenvalue weighted by Crippen LogP contribution is 2.33. The molecule has 0 N–H and O–H groups in total. The predicted octanol–water partition coefficient (Wildman–Crippen LogP) is 4.19. The summed E-state index contributed by atoms with van der Waals surface area (Å²) in [5.41, 5.74) is 0.165. The smallest absolute Gasteiger partial charge is 0.416 e. The molecule has 2 heterocycles. The summed E-state index contributed by atoms with van der Waals surface area (Å²) in [6.07, 6.45) is -4.40. The zero-order chi connectivity index (χ0) is 18.9. The summed E-state index contributed by atoms with van der Waals surface area (Å²) in [5.74, 6) is -0.0930. The van der Waals surface area contributed by atoms with E-state index in [1.165, 1.54) is 12.1 Å². The van der Waals surface area contributed by atoms with Gasteiger partial charge in [0.2, 0.25) is 5.89 Å². The Kier molecular flexibility index (Phi) is 4.77. The quantitative estimate of drug-likeness (QED) is 0.629. The van der Waals surface area contributed by atoms with Gasteiger partial charge in [0.1, 0.15) is 9.88 Å². The molecule has 0 saturated heterocycles. The molecule has 0 aliphatic carbocycles. The summed E-state index contributed by atoms with van der Waals surface area (Å²) in [5, 5.41) is 7.77. The van der Waals surface area contributed by atoms with Crippen molar-refractivity contribution in [2.75, 3.05) is 0 Å². The van der Waals surface area contributed by atoms with Gasteiger partial charge in [0.05, 0.1) is 11.3 Å². The first kappa shape index (κ1) is 18.1. The molecule has 0 radical (unpaired) electrons. The lowest BCUT2D eigenvalue weighted by Crippen LogP contribution is -2.05. The van der Waals surface area contributed by atoms with Gasteiger partial charge in [-0.1, -0.05) is 12.1 Å². The second-order valence-corrected chi connectivity index (χ2v) is 6.30. The van der Waals surface area contributed by atoms with Crippen molar-refractivity contribution in [2.24, 2.45) is 0 Å². The number of halogens is 3. The summed E-state index contributed by atoms with van der Waals surface area (Å²) >= 11 is 1.04. The van der Waals surface area contributed by atoms with Crippen molar-refractivity contribution in [3.05, 3.63) is 52.2 Å². The maximum atomic E-state index is 12.6. The lowest BCUT2D eigenvalue weighted by atomic mass is 10.1. The van der Waals surface area contributed by atoms with Gasteiger partial charge in [0.15, 0.2) is 6.61 Å². The number of rotatable bonds is 4. The van der Waals surface area contributed by atoms with E-state index in [0.717, 1.165) is 23.5 Å². The van der Waals surface area contributed by atoms with Gasteiger partial charge in [-0.25, -0.2) is 9.78 Å². The lowest BCUT2D eigenvalue weighted by Gasteiger charge is -2.06. The van der Waals surface area contributed by atoms with Crippen molar-refractivity contribution in [1.82, 2.24) is 15.2 Å². The number of hydrogen-bond donors (Lipinski definition) is 0. The minimum absolute atomic E-state index is 0.168. The van der Waals surface area contributed by atoms with E-state index in [-0.39, 0.29) is 17.4 Å². The second-order valence-electron chi connectivity index (χ2n) is 5.30. The number of benzene rings is 1. The van der Waals surface area contributed by atoms with Gasteiger partial charge in [0.25, 0.3) is 5.89 Å². The topological polar surface area (TPSA) is 78.1 Å². The van der Waals surface area contributed by atoms with Gasteiger partial charge >= 0.3 is 12.1 Å². The van der Waals surface area contributed by atoms with Gasteiger partial charge in [-0.3, -0.25) is 0 Å². The Morgan fingerprint density at radius 1 is 1.19 bits per heavy atom. The van der Waals surface area contributed by atoms with E-state index in [9.17, 15) is 18.0 Å². The Morgan fingerprint density at radius 3 is 2.46 bits per heavy atom. The predicted molar refractivity (Wildman–Crippen MR) is 85.4 cm³/mol. The molecule has 3 rings (SSSR count). The lowest BCUT2D eigenvalue weighted by molar-refractivity contribution is -0.137. The number of nitrogens with zero attached hydrogens (tertiary/aromatic N) is 3. The largest absolute Gasteiger partial charge is 0.451 e. The van der Waals surface area contributed by atoms with Crippen LogP contribution in [0.15, 0.2) is 28.7 Å². The van der Waals surface area contributed by atoms with E-state index in [0.29, 0.717) is 22.2 Å². The zero-order valence-electron chi connectivity index (χ0n) is 13.6. The number of hydrogen-bond acceptors (Lipinski definition) is 7. The molecule has 0 atom stereocenters. The molecule has 26 heavy (non-hydrogen) atoms. The summed E-state index contributed by atoms with van der Waals surface area (Å²) < 4.78 is 48.1. The molecular weight excluding hydrogens is 371 g/mol. The van der Waals surface area contributed by atoms with Crippen LogP contribution in [0.1, 0.15) is 32.7 Å². The molecule has 3 aromatic rings. The molecular formula is C16H12F3N3O3S. The molecule has 1 aromatic carbocycles. The maximum Gasteiger partial charge on any atom is 0.416 e. The van der Waals surface area contributed by atoms with Crippen LogP contribution in [0.2, 0.25) is 0 Å². The fourth-order valence-electron chi connectivity index (χ4n) is 2.10. The van der Waals surface area contributed by atoms with Crippen molar-refractivity contribution in [3.63, 3.8) is 0 Å². The number of ether oxygens (including phenoxy) is 1. The molecule has 0 fully saturated rings. The minimum Gasteiger partial charge on any atom is -0.451 e. The number of aryl methyl sites for hydroxylation is 2. The maximum absolute atomic E-state index is 12.6. The average molecular weight is 383 g/mol. The Hall–Kier alpha value is -2.75. The highest BCUT2D eigenvalue weighted by atomic mass is 32.1. The molecule has 0 bridgehead atoms. The number of esters is 1. The Labute approximate surface area is 149 Å². The van der Waals surface area contributed by atoms with E-state index in [1.807, 2.05) is 0 Å². The summed E-state index contributed by atoms with van der Waals surface area (Å²) in [6, 6.07) is 4.58. The Balaban J connectivity index is 1.75. The van der Waals surface area contributed by atoms with Crippen molar-refractivity contribution >= 4 is 17.3 Å². The fraction of sp³-hybridized carbons (Fsp3) is 0.250. The third-order valence-corrected chi connectivity index (χ3v) is 4.52. The van der Waals surface area contributed by atoms with Crippen LogP contribution >= 0.6 is 11.3 Å². The van der Waals surface area contributed by atoms with Crippen LogP contribution in [0.4, 0.5) is 13.2 Å². The summed E-state index contributed by atoms with van der Waals surface area (Å²) in [7, 11) is 0. The third-order valence-electron chi connectivity index (χ3n) is 3.34. The molecule has 0 saturated carbocycles. The van der Waals surface area contributed by atoms with Crippen LogP contribution in [0.5, 0.6) is 0 Å². The van der Waals surface area contributed by atoms with Gasteiger partial charge in [-0.05, 0) is 19.1 Å². The van der Waals surface area contributed by atoms with Crippen molar-refractivity contribution in [3.8, 4) is 10.6 Å². The van der Waals surface area contributed by atoms with Crippen LogP contribution in [0.25, 0.3) is 10.6 Å². The van der Waals surface area contributed by atoms with Crippen LogP contribution in [-0.2, 0) is 17.5 Å². The number of alkyl halides is 3. The molecule has 0 amide bonds. The van der Waals surface area contributed by atoms with Crippen molar-refractivity contribution < 1.29 is 27.1 Å². The standard InChI is InChI=1S/C16H12F3N3O3S/c1-8-13(15(23)24-7-12-22-21-9(2)25-12)26-14(20-8)10-3-5-11(6-4-10)16(17,18)19/h3-6H,7H2,1-2H3. The molecule has 0 aliphatic heterocycles. The molecule has 136 valence electrons. The van der Waals surface area contributed by atoms with Crippen LogP contribution in [-0.4, -0.2) is 21.2 Å². The highest BCUT2D eigenvalue weighted by Gasteiger charge is 2.30. The Bertz CT molecular complexity index is 932. The van der Waals surface area contributed by atoms with E-state index in [4.69, 9.17) is 9.15 Å². The van der Waals surface area contributed by atoms with Gasteiger partial charge in [-0.2, -0.15) is 13.2 Å². The number of carbonyl (C=O) groups is 1. The van der Waals surface area contributed by atoms with Gasteiger partial charge in [0, 0.05) is 12.5 Å². The highest BCUT2D eigenvalue weighted by molar-refractivity contribution is 7.17. The SMILES string of the molecule is Cc1nnc(COC(=O)c2sc(-c3ccc(C(F)(F)F)cc3)nc2C)o1. The van der Waals surface area contributed by atoms with E-state index >= 15 is 0 Å². The van der Waals surface area contributed by atoms with Crippen LogP contribution in [0.3, 0.4) is 0 Å². The second kappa shape index (κ2) is 6.87. The summed E-state index contributed by atoms with van der Waals surface area (Å²) in [6.45, 7) is 3.06. The molecule has 0 unspecified atom stereocenters. The van der Waals surface area contributed by atoms with Crippen molar-refractivity contribution in [2.45, 2.75) is 26.6 Å². The average Bonchev–Trinajstić information content (AvgIpc) is 3.18. The first-order valence-corrected chi connectivity index (χ1v) is 8.17. The monoisotopic (exact) mass is 383 g/mol. The van der Waals surface area contributed by atoms with Gasteiger partial charge in [-0.15, -0.1) is 21.5 Å². The van der Waals surface area contributed by atoms with Gasteiger partial charge < -0.3 is 9.15 Å². The Morgan fingerprint density at radius 2 is 1.88 bits per heavy atom. The van der Waals surface area contributed by atoms with E-state index < -0.39 is 17.7 Å². The molecule has 10 heteroatoms. The molecule has 2 aromatic heterocycles. The fourth-order valence-corrected chi connectivity index (χ4v) is 3.07. The first-order chi connectivity index (χ1) is 12.2. The zero-order valence-corrected chi connectivity index (χ0v) is 14.4. The van der Waals surface area contributed by atoms with Crippen LogP contribution < -0.4 is 0 Å². The third kappa shape index (κ3) is 3.90. The van der Waals surface area contributed by atoms with Crippen LogP contribution in [0, 0.1) is 13.8 Å². The molecule has 0 aliphatic rings. The number of aromatic nitrogens is 3. The minimum atomic E-state index is -4.40.